The smallest absolute Gasteiger partial charge is 0.112 e. The molecule has 0 spiro atoms. The molecule has 2 aliphatic rings. The zero-order chi connectivity index (χ0) is 14.4. The lowest BCUT2D eigenvalue weighted by molar-refractivity contribution is -0.706. The fourth-order valence-corrected chi connectivity index (χ4v) is 3.50. The Morgan fingerprint density at radius 1 is 1.19 bits per heavy atom. The van der Waals surface area contributed by atoms with Crippen molar-refractivity contribution >= 4 is 23.2 Å². The molecule has 1 aromatic rings. The van der Waals surface area contributed by atoms with Crippen molar-refractivity contribution in [3.8, 4) is 0 Å². The van der Waals surface area contributed by atoms with E-state index in [1.54, 1.807) is 0 Å². The van der Waals surface area contributed by atoms with Crippen LogP contribution in [0.1, 0.15) is 44.6 Å². The summed E-state index contributed by atoms with van der Waals surface area (Å²) in [5, 5.41) is 14.2. The summed E-state index contributed by atoms with van der Waals surface area (Å²) in [5.41, 5.74) is 1.40. The second kappa shape index (κ2) is 6.25. The van der Waals surface area contributed by atoms with Crippen molar-refractivity contribution < 1.29 is 22.8 Å². The monoisotopic (exact) mass is 349 g/mol. The van der Waals surface area contributed by atoms with Crippen LogP contribution < -0.4 is 17.7 Å². The second-order valence-electron chi connectivity index (χ2n) is 6.75. The predicted octanol–water partition coefficient (Wildman–Crippen LogP) is -0.104. The van der Waals surface area contributed by atoms with Crippen molar-refractivity contribution in [2.45, 2.75) is 56.1 Å². The number of aliphatic hydroxyl groups excluding tert-OH is 1. The number of benzene rings is 1. The Labute approximate surface area is 142 Å². The van der Waals surface area contributed by atoms with Gasteiger partial charge < -0.3 is 22.8 Å². The van der Waals surface area contributed by atoms with E-state index in [-0.39, 0.29) is 23.9 Å². The Hall–Kier alpha value is 0.01000. The van der Waals surface area contributed by atoms with Crippen LogP contribution in [0.5, 0.6) is 0 Å². The molecule has 0 heterocycles. The number of nitrogens with two attached hydrogens (primary N) is 1. The van der Waals surface area contributed by atoms with Crippen molar-refractivity contribution in [1.29, 1.82) is 0 Å². The average Bonchev–Trinajstić information content (AvgIpc) is 3.09. The fraction of sp³-hybridized carbons (Fsp3) is 0.625. The third-order valence-electron chi connectivity index (χ3n) is 5.25. The lowest BCUT2D eigenvalue weighted by Gasteiger charge is -2.45. The molecule has 21 heavy (non-hydrogen) atoms. The Bertz CT molecular complexity index is 512. The summed E-state index contributed by atoms with van der Waals surface area (Å²) in [6, 6.07) is 5.80. The van der Waals surface area contributed by atoms with Gasteiger partial charge in [0.1, 0.15) is 12.6 Å². The van der Waals surface area contributed by atoms with Crippen LogP contribution in [-0.4, -0.2) is 23.3 Å². The quantitative estimate of drug-likeness (QED) is 0.764. The molecule has 0 radical (unpaired) electrons. The molecule has 0 amide bonds. The first-order valence-electron chi connectivity index (χ1n) is 7.43. The van der Waals surface area contributed by atoms with E-state index in [2.05, 4.69) is 12.2 Å². The van der Waals surface area contributed by atoms with Crippen molar-refractivity contribution in [1.82, 2.24) is 0 Å². The van der Waals surface area contributed by atoms with E-state index in [4.69, 9.17) is 23.2 Å². The minimum Gasteiger partial charge on any atom is -1.00 e. The highest BCUT2D eigenvalue weighted by atomic mass is 35.5. The van der Waals surface area contributed by atoms with E-state index in [0.717, 1.165) is 24.9 Å². The second-order valence-corrected chi connectivity index (χ2v) is 7.56. The lowest BCUT2D eigenvalue weighted by Crippen LogP contribution is -3.00. The van der Waals surface area contributed by atoms with Crippen molar-refractivity contribution in [3.05, 3.63) is 33.8 Å². The van der Waals surface area contributed by atoms with Crippen LogP contribution in [0.15, 0.2) is 18.2 Å². The van der Waals surface area contributed by atoms with E-state index in [9.17, 15) is 5.11 Å². The van der Waals surface area contributed by atoms with E-state index < -0.39 is 0 Å². The highest BCUT2D eigenvalue weighted by Gasteiger charge is 2.48. The number of halogens is 3. The van der Waals surface area contributed by atoms with Crippen LogP contribution in [0.25, 0.3) is 0 Å². The van der Waals surface area contributed by atoms with Gasteiger partial charge in [-0.15, -0.1) is 0 Å². The highest BCUT2D eigenvalue weighted by Crippen LogP contribution is 2.47. The van der Waals surface area contributed by atoms with E-state index >= 15 is 0 Å². The molecule has 2 nitrogen and oxygen atoms in total. The summed E-state index contributed by atoms with van der Waals surface area (Å²) < 4.78 is 0. The van der Waals surface area contributed by atoms with Gasteiger partial charge in [-0.25, -0.2) is 0 Å². The molecular formula is C16H22Cl3NO. The minimum absolute atomic E-state index is 0. The SMILES string of the molecule is CC1([NH2+]CC(O)C2(c3ccc(Cl)c(Cl)c3)CCC2)CC1.[Cl-]. The van der Waals surface area contributed by atoms with E-state index in [0.29, 0.717) is 15.6 Å². The van der Waals surface area contributed by atoms with Crippen LogP contribution in [-0.2, 0) is 5.41 Å². The number of hydrogen-bond donors (Lipinski definition) is 2. The van der Waals surface area contributed by atoms with E-state index in [1.165, 1.54) is 19.3 Å². The van der Waals surface area contributed by atoms with Gasteiger partial charge in [-0.2, -0.15) is 0 Å². The zero-order valence-electron chi connectivity index (χ0n) is 12.2. The molecule has 2 saturated carbocycles. The maximum absolute atomic E-state index is 10.7. The van der Waals surface area contributed by atoms with Gasteiger partial charge in [0, 0.05) is 18.3 Å². The average molecular weight is 351 g/mol. The largest absolute Gasteiger partial charge is 1.00 e. The van der Waals surface area contributed by atoms with Crippen LogP contribution >= 0.6 is 23.2 Å². The van der Waals surface area contributed by atoms with Gasteiger partial charge in [-0.05, 0) is 37.5 Å². The molecule has 1 unspecified atom stereocenters. The first-order chi connectivity index (χ1) is 9.45. The molecule has 3 rings (SSSR count). The first-order valence-corrected chi connectivity index (χ1v) is 8.19. The number of rotatable bonds is 5. The molecule has 2 aliphatic carbocycles. The molecule has 3 N–H and O–H groups in total. The van der Waals surface area contributed by atoms with Crippen molar-refractivity contribution in [3.63, 3.8) is 0 Å². The van der Waals surface area contributed by atoms with Crippen molar-refractivity contribution in [2.24, 2.45) is 0 Å². The topological polar surface area (TPSA) is 36.8 Å². The van der Waals surface area contributed by atoms with Crippen molar-refractivity contribution in [2.75, 3.05) is 6.54 Å². The Balaban J connectivity index is 0.00000161. The Morgan fingerprint density at radius 3 is 2.33 bits per heavy atom. The normalized spacial score (nSPS) is 22.9. The minimum atomic E-state index is -0.314. The van der Waals surface area contributed by atoms with Gasteiger partial charge in [-0.3, -0.25) is 0 Å². The third kappa shape index (κ3) is 3.35. The first kappa shape index (κ1) is 17.4. The van der Waals surface area contributed by atoms with Gasteiger partial charge >= 0.3 is 0 Å². The predicted molar refractivity (Wildman–Crippen MR) is 82.4 cm³/mol. The Kier molecular flexibility index (Phi) is 5.17. The standard InChI is InChI=1S/C16H21Cl2NO.ClH/c1-15(7-8-15)19-10-14(20)16(5-2-6-16)11-3-4-12(17)13(18)9-11;/h3-4,9,14,19-20H,2,5-8,10H2,1H3;1H. The molecule has 118 valence electrons. The fourth-order valence-electron chi connectivity index (χ4n) is 3.20. The molecule has 0 saturated heterocycles. The Morgan fingerprint density at radius 2 is 1.86 bits per heavy atom. The summed E-state index contributed by atoms with van der Waals surface area (Å²) in [5.74, 6) is 0. The van der Waals surface area contributed by atoms with Crippen LogP contribution in [0.3, 0.4) is 0 Å². The molecule has 0 aliphatic heterocycles. The van der Waals surface area contributed by atoms with Crippen LogP contribution in [0.2, 0.25) is 10.0 Å². The van der Waals surface area contributed by atoms with Gasteiger partial charge in [0.15, 0.2) is 0 Å². The molecule has 1 aromatic carbocycles. The summed E-state index contributed by atoms with van der Waals surface area (Å²) in [6.07, 6.45) is 5.46. The third-order valence-corrected chi connectivity index (χ3v) is 5.99. The van der Waals surface area contributed by atoms with Crippen LogP contribution in [0.4, 0.5) is 0 Å². The summed E-state index contributed by atoms with van der Waals surface area (Å²) in [7, 11) is 0. The molecule has 0 aromatic heterocycles. The van der Waals surface area contributed by atoms with Crippen LogP contribution in [0, 0.1) is 0 Å². The molecule has 1 atom stereocenters. The summed E-state index contributed by atoms with van der Waals surface area (Å²) in [4.78, 5) is 0. The molecule has 0 bridgehead atoms. The van der Waals surface area contributed by atoms with E-state index in [1.807, 2.05) is 18.2 Å². The lowest BCUT2D eigenvalue weighted by atomic mass is 9.61. The van der Waals surface area contributed by atoms with Gasteiger partial charge in [0.2, 0.25) is 0 Å². The maximum atomic E-state index is 10.7. The number of aliphatic hydroxyl groups is 1. The zero-order valence-corrected chi connectivity index (χ0v) is 14.5. The summed E-state index contributed by atoms with van der Waals surface area (Å²) in [6.45, 7) is 3.04. The molecule has 5 heteroatoms. The van der Waals surface area contributed by atoms with Gasteiger partial charge in [0.05, 0.1) is 15.6 Å². The van der Waals surface area contributed by atoms with Gasteiger partial charge in [0.25, 0.3) is 0 Å². The molecule has 2 fully saturated rings. The summed E-state index contributed by atoms with van der Waals surface area (Å²) >= 11 is 12.1. The maximum Gasteiger partial charge on any atom is 0.112 e. The van der Waals surface area contributed by atoms with Gasteiger partial charge in [-0.1, -0.05) is 35.7 Å². The number of hydrogen-bond acceptors (Lipinski definition) is 1. The highest BCUT2D eigenvalue weighted by molar-refractivity contribution is 6.42. The number of quaternary nitrogens is 1. The molecular weight excluding hydrogens is 329 g/mol.